The Morgan fingerprint density at radius 3 is 2.48 bits per heavy atom. The van der Waals surface area contributed by atoms with Crippen molar-refractivity contribution >= 4 is 29.9 Å². The molecule has 1 aliphatic carbocycles. The van der Waals surface area contributed by atoms with Crippen molar-refractivity contribution in [1.29, 1.82) is 0 Å². The molecule has 10 nitrogen and oxygen atoms in total. The molecule has 1 heterocycles. The molecule has 31 heavy (non-hydrogen) atoms. The van der Waals surface area contributed by atoms with E-state index in [4.69, 9.17) is 5.11 Å². The predicted molar refractivity (Wildman–Crippen MR) is 110 cm³/mol. The lowest BCUT2D eigenvalue weighted by molar-refractivity contribution is -0.159. The quantitative estimate of drug-likeness (QED) is 0.263. The molecule has 4 N–H and O–H groups in total. The molecule has 3 rings (SSSR count). The van der Waals surface area contributed by atoms with Gasteiger partial charge in [0.1, 0.15) is 6.04 Å². The summed E-state index contributed by atoms with van der Waals surface area (Å²) in [5.41, 5.74) is 3.49. The molecule has 168 valence electrons. The maximum atomic E-state index is 13.2. The number of hydrogen-bond donors (Lipinski definition) is 4. The molecule has 1 saturated carbocycles. The van der Waals surface area contributed by atoms with Gasteiger partial charge in [-0.05, 0) is 43.0 Å². The Hall–Kier alpha value is -2.98. The summed E-state index contributed by atoms with van der Waals surface area (Å²) in [6, 6.07) is 5.02. The SMILES string of the molecule is O=CN(O)C[C@@H](CC1CCCC1)C(=O)N1NCC[C@H]1C(=O)Nc1ccc(C(=O)O)cc1. The maximum absolute atomic E-state index is 13.2. The Bertz CT molecular complexity index is 809. The minimum Gasteiger partial charge on any atom is -0.478 e. The summed E-state index contributed by atoms with van der Waals surface area (Å²) in [7, 11) is 0. The zero-order chi connectivity index (χ0) is 22.4. The van der Waals surface area contributed by atoms with Crippen molar-refractivity contribution in [2.75, 3.05) is 18.4 Å². The number of amides is 3. The molecule has 0 aromatic heterocycles. The van der Waals surface area contributed by atoms with Crippen LogP contribution in [0.15, 0.2) is 24.3 Å². The number of nitrogens with zero attached hydrogens (tertiary/aromatic N) is 2. The molecule has 2 atom stereocenters. The Kier molecular flexibility index (Phi) is 7.59. The Labute approximate surface area is 180 Å². The number of carbonyl (C=O) groups excluding carboxylic acids is 3. The number of nitrogens with one attached hydrogen (secondary N) is 2. The van der Waals surface area contributed by atoms with E-state index in [2.05, 4.69) is 10.7 Å². The van der Waals surface area contributed by atoms with Crippen molar-refractivity contribution in [3.8, 4) is 0 Å². The first-order chi connectivity index (χ1) is 14.9. The molecule has 2 fully saturated rings. The molecule has 10 heteroatoms. The summed E-state index contributed by atoms with van der Waals surface area (Å²) in [4.78, 5) is 47.9. The topological polar surface area (TPSA) is 139 Å². The Balaban J connectivity index is 1.68. The molecule has 2 aliphatic rings. The van der Waals surface area contributed by atoms with E-state index in [1.54, 1.807) is 0 Å². The second-order valence-electron chi connectivity index (χ2n) is 8.10. The average Bonchev–Trinajstić information content (AvgIpc) is 3.45. The molecule has 1 aromatic carbocycles. The third-order valence-electron chi connectivity index (χ3n) is 5.92. The number of anilines is 1. The van der Waals surface area contributed by atoms with Crippen LogP contribution < -0.4 is 10.7 Å². The molecule has 0 unspecified atom stereocenters. The van der Waals surface area contributed by atoms with E-state index in [1.807, 2.05) is 0 Å². The van der Waals surface area contributed by atoms with Crippen LogP contribution in [0.4, 0.5) is 5.69 Å². The van der Waals surface area contributed by atoms with Crippen molar-refractivity contribution in [3.63, 3.8) is 0 Å². The Morgan fingerprint density at radius 2 is 1.87 bits per heavy atom. The summed E-state index contributed by atoms with van der Waals surface area (Å²) in [6.45, 7) is 0.316. The maximum Gasteiger partial charge on any atom is 0.335 e. The zero-order valence-corrected chi connectivity index (χ0v) is 17.2. The van der Waals surface area contributed by atoms with Crippen LogP contribution in [0.3, 0.4) is 0 Å². The minimum absolute atomic E-state index is 0.107. The lowest BCUT2D eigenvalue weighted by atomic mass is 9.92. The minimum atomic E-state index is -1.06. The summed E-state index contributed by atoms with van der Waals surface area (Å²) >= 11 is 0. The summed E-state index contributed by atoms with van der Waals surface area (Å²) in [5, 5.41) is 23.2. The van der Waals surface area contributed by atoms with Crippen LogP contribution in [0.25, 0.3) is 0 Å². The number of hydroxylamine groups is 2. The number of rotatable bonds is 9. The van der Waals surface area contributed by atoms with Gasteiger partial charge in [-0.2, -0.15) is 0 Å². The standard InChI is InChI=1S/C21H28N4O6/c26-13-24(31)12-16(11-14-3-1-2-4-14)20(28)25-18(9-10-22-25)19(27)23-17-7-5-15(6-8-17)21(29)30/h5-8,13-14,16,18,22,31H,1-4,9-12H2,(H,23,27)(H,29,30)/t16-,18+/m1/s1. The second kappa shape index (κ2) is 10.4. The van der Waals surface area contributed by atoms with Crippen LogP contribution in [0.2, 0.25) is 0 Å². The van der Waals surface area contributed by atoms with Crippen LogP contribution in [-0.2, 0) is 14.4 Å². The van der Waals surface area contributed by atoms with Gasteiger partial charge < -0.3 is 10.4 Å². The molecule has 0 radical (unpaired) electrons. The molecule has 0 spiro atoms. The molecule has 1 aliphatic heterocycles. The van der Waals surface area contributed by atoms with Crippen molar-refractivity contribution in [2.24, 2.45) is 11.8 Å². The van der Waals surface area contributed by atoms with Crippen molar-refractivity contribution in [2.45, 2.75) is 44.6 Å². The molecular weight excluding hydrogens is 404 g/mol. The molecule has 1 aromatic rings. The van der Waals surface area contributed by atoms with Crippen LogP contribution >= 0.6 is 0 Å². The van der Waals surface area contributed by atoms with Crippen LogP contribution in [0, 0.1) is 11.8 Å². The number of aromatic carboxylic acids is 1. The highest BCUT2D eigenvalue weighted by Gasteiger charge is 2.39. The number of carbonyl (C=O) groups is 4. The van der Waals surface area contributed by atoms with Gasteiger partial charge in [0.05, 0.1) is 18.0 Å². The van der Waals surface area contributed by atoms with Gasteiger partial charge in [0.2, 0.25) is 18.2 Å². The molecular formula is C21H28N4O6. The first kappa shape index (κ1) is 22.7. The number of carboxylic acid groups (broad SMARTS) is 1. The van der Waals surface area contributed by atoms with E-state index < -0.39 is 23.8 Å². The van der Waals surface area contributed by atoms with Gasteiger partial charge >= 0.3 is 5.97 Å². The predicted octanol–water partition coefficient (Wildman–Crippen LogP) is 1.47. The van der Waals surface area contributed by atoms with Gasteiger partial charge in [0.15, 0.2) is 0 Å². The van der Waals surface area contributed by atoms with Crippen molar-refractivity contribution < 1.29 is 29.5 Å². The van der Waals surface area contributed by atoms with Gasteiger partial charge in [-0.25, -0.2) is 15.3 Å². The summed E-state index contributed by atoms with van der Waals surface area (Å²) in [5.74, 6) is -2.04. The van der Waals surface area contributed by atoms with Gasteiger partial charge in [-0.1, -0.05) is 25.7 Å². The van der Waals surface area contributed by atoms with E-state index in [-0.39, 0.29) is 24.4 Å². The largest absolute Gasteiger partial charge is 0.478 e. The van der Waals surface area contributed by atoms with Gasteiger partial charge in [0.25, 0.3) is 0 Å². The number of carboxylic acids is 1. The van der Waals surface area contributed by atoms with E-state index in [9.17, 15) is 24.4 Å². The monoisotopic (exact) mass is 432 g/mol. The van der Waals surface area contributed by atoms with Crippen LogP contribution in [-0.4, -0.2) is 63.7 Å². The normalized spacial score (nSPS) is 19.8. The van der Waals surface area contributed by atoms with Crippen LogP contribution in [0.1, 0.15) is 48.9 Å². The fourth-order valence-electron chi connectivity index (χ4n) is 4.33. The molecule has 0 bridgehead atoms. The summed E-state index contributed by atoms with van der Waals surface area (Å²) < 4.78 is 0. The van der Waals surface area contributed by atoms with Crippen molar-refractivity contribution in [1.82, 2.24) is 15.5 Å². The Morgan fingerprint density at radius 1 is 1.19 bits per heavy atom. The second-order valence-corrected chi connectivity index (χ2v) is 8.10. The highest BCUT2D eigenvalue weighted by molar-refractivity contribution is 5.98. The van der Waals surface area contributed by atoms with Gasteiger partial charge in [-0.15, -0.1) is 0 Å². The zero-order valence-electron chi connectivity index (χ0n) is 17.2. The lowest BCUT2D eigenvalue weighted by Crippen LogP contribution is -2.51. The molecule has 3 amide bonds. The van der Waals surface area contributed by atoms with Crippen LogP contribution in [0.5, 0.6) is 0 Å². The first-order valence-corrected chi connectivity index (χ1v) is 10.5. The fraction of sp³-hybridized carbons (Fsp3) is 0.524. The number of hydrogen-bond acceptors (Lipinski definition) is 6. The molecule has 1 saturated heterocycles. The third kappa shape index (κ3) is 5.80. The van der Waals surface area contributed by atoms with E-state index in [0.717, 1.165) is 25.7 Å². The number of benzene rings is 1. The lowest BCUT2D eigenvalue weighted by Gasteiger charge is -2.30. The highest BCUT2D eigenvalue weighted by Crippen LogP contribution is 2.31. The van der Waals surface area contributed by atoms with Gasteiger partial charge in [0, 0.05) is 12.2 Å². The first-order valence-electron chi connectivity index (χ1n) is 10.5. The van der Waals surface area contributed by atoms with E-state index in [1.165, 1.54) is 29.3 Å². The van der Waals surface area contributed by atoms with Gasteiger partial charge in [-0.3, -0.25) is 24.6 Å². The van der Waals surface area contributed by atoms with E-state index in [0.29, 0.717) is 36.1 Å². The summed E-state index contributed by atoms with van der Waals surface area (Å²) in [6.07, 6.45) is 5.48. The van der Waals surface area contributed by atoms with E-state index >= 15 is 0 Å². The fourth-order valence-corrected chi connectivity index (χ4v) is 4.33. The average molecular weight is 432 g/mol. The highest BCUT2D eigenvalue weighted by atomic mass is 16.5. The number of hydrazine groups is 1. The van der Waals surface area contributed by atoms with Crippen molar-refractivity contribution in [3.05, 3.63) is 29.8 Å². The third-order valence-corrected chi connectivity index (χ3v) is 5.92. The smallest absolute Gasteiger partial charge is 0.335 e.